The van der Waals surface area contributed by atoms with Crippen molar-refractivity contribution in [1.82, 2.24) is 9.80 Å². The van der Waals surface area contributed by atoms with Crippen LogP contribution in [0.1, 0.15) is 18.9 Å². The summed E-state index contributed by atoms with van der Waals surface area (Å²) in [6.45, 7) is 4.49. The molecule has 2 atom stereocenters. The van der Waals surface area contributed by atoms with Crippen molar-refractivity contribution in [3.05, 3.63) is 35.6 Å². The zero-order valence-corrected chi connectivity index (χ0v) is 12.8. The van der Waals surface area contributed by atoms with Crippen molar-refractivity contribution in [2.75, 3.05) is 26.7 Å². The minimum atomic E-state index is -0.269. The molecule has 2 rings (SSSR count). The molecule has 1 aromatic rings. The highest BCUT2D eigenvalue weighted by molar-refractivity contribution is 5.78. The van der Waals surface area contributed by atoms with Gasteiger partial charge in [-0.25, -0.2) is 4.39 Å². The van der Waals surface area contributed by atoms with E-state index in [0.29, 0.717) is 24.6 Å². The molecule has 0 aliphatic carbocycles. The number of rotatable bonds is 4. The first kappa shape index (κ1) is 15.9. The van der Waals surface area contributed by atoms with Gasteiger partial charge in [0, 0.05) is 38.3 Å². The van der Waals surface area contributed by atoms with Crippen molar-refractivity contribution in [2.45, 2.75) is 25.9 Å². The molecule has 21 heavy (non-hydrogen) atoms. The molecule has 2 unspecified atom stereocenters. The van der Waals surface area contributed by atoms with Crippen LogP contribution in [0.5, 0.6) is 0 Å². The van der Waals surface area contributed by atoms with Crippen LogP contribution in [0.15, 0.2) is 24.3 Å². The van der Waals surface area contributed by atoms with Gasteiger partial charge in [-0.15, -0.1) is 0 Å². The van der Waals surface area contributed by atoms with Crippen molar-refractivity contribution in [3.63, 3.8) is 0 Å². The summed E-state index contributed by atoms with van der Waals surface area (Å²) in [5, 5.41) is 0. The maximum Gasteiger partial charge on any atom is 0.236 e. The van der Waals surface area contributed by atoms with E-state index in [4.69, 9.17) is 5.73 Å². The normalized spacial score (nSPS) is 23.0. The Kier molecular flexibility index (Phi) is 5.31. The minimum absolute atomic E-state index is 0.0147. The maximum absolute atomic E-state index is 13.6. The Morgan fingerprint density at radius 2 is 2.19 bits per heavy atom. The van der Waals surface area contributed by atoms with Crippen molar-refractivity contribution >= 4 is 5.91 Å². The van der Waals surface area contributed by atoms with E-state index in [-0.39, 0.29) is 17.8 Å². The van der Waals surface area contributed by atoms with E-state index < -0.39 is 0 Å². The second kappa shape index (κ2) is 7.00. The number of benzene rings is 1. The fourth-order valence-corrected chi connectivity index (χ4v) is 2.68. The lowest BCUT2D eigenvalue weighted by atomic mass is 9.95. The molecule has 1 amide bonds. The Morgan fingerprint density at radius 3 is 2.86 bits per heavy atom. The van der Waals surface area contributed by atoms with Crippen LogP contribution in [0.3, 0.4) is 0 Å². The first-order valence-corrected chi connectivity index (χ1v) is 7.42. The molecule has 5 heteroatoms. The molecular formula is C16H24FN3O. The number of likely N-dealkylation sites (tertiary alicyclic amines) is 1. The van der Waals surface area contributed by atoms with E-state index in [1.807, 2.05) is 0 Å². The number of halogens is 1. The van der Waals surface area contributed by atoms with Crippen molar-refractivity contribution in [1.29, 1.82) is 0 Å². The predicted octanol–water partition coefficient (Wildman–Crippen LogP) is 1.45. The summed E-state index contributed by atoms with van der Waals surface area (Å²) in [5.41, 5.74) is 6.53. The topological polar surface area (TPSA) is 49.6 Å². The summed E-state index contributed by atoms with van der Waals surface area (Å²) in [4.78, 5) is 16.0. The van der Waals surface area contributed by atoms with E-state index in [2.05, 4.69) is 11.8 Å². The second-order valence-electron chi connectivity index (χ2n) is 6.01. The molecule has 4 nitrogen and oxygen atoms in total. The van der Waals surface area contributed by atoms with Crippen LogP contribution < -0.4 is 5.73 Å². The minimum Gasteiger partial charge on any atom is -0.340 e. The molecule has 1 heterocycles. The summed E-state index contributed by atoms with van der Waals surface area (Å²) in [6.07, 6.45) is 0.922. The third kappa shape index (κ3) is 4.25. The van der Waals surface area contributed by atoms with Crippen LogP contribution in [-0.4, -0.2) is 48.4 Å². The lowest BCUT2D eigenvalue weighted by Crippen LogP contribution is -2.49. The van der Waals surface area contributed by atoms with Gasteiger partial charge >= 0.3 is 0 Å². The van der Waals surface area contributed by atoms with Crippen LogP contribution >= 0.6 is 0 Å². The van der Waals surface area contributed by atoms with Gasteiger partial charge in [-0.1, -0.05) is 25.1 Å². The number of nitrogens with zero attached hydrogens (tertiary/aromatic N) is 2. The lowest BCUT2D eigenvalue weighted by molar-refractivity contribution is -0.132. The molecule has 1 saturated heterocycles. The number of likely N-dealkylation sites (N-methyl/N-ethyl adjacent to an activating group) is 1. The molecule has 1 aliphatic heterocycles. The van der Waals surface area contributed by atoms with Gasteiger partial charge in [0.15, 0.2) is 0 Å². The first-order valence-electron chi connectivity index (χ1n) is 7.42. The number of carbonyl (C=O) groups is 1. The zero-order chi connectivity index (χ0) is 15.4. The summed E-state index contributed by atoms with van der Waals surface area (Å²) < 4.78 is 13.6. The van der Waals surface area contributed by atoms with Crippen LogP contribution in [0, 0.1) is 11.7 Å². The highest BCUT2D eigenvalue weighted by Crippen LogP contribution is 2.15. The molecular weight excluding hydrogens is 269 g/mol. The van der Waals surface area contributed by atoms with Gasteiger partial charge in [-0.3, -0.25) is 9.69 Å². The highest BCUT2D eigenvalue weighted by Gasteiger charge is 2.25. The largest absolute Gasteiger partial charge is 0.340 e. The van der Waals surface area contributed by atoms with Gasteiger partial charge in [-0.2, -0.15) is 0 Å². The number of hydrogen-bond donors (Lipinski definition) is 1. The van der Waals surface area contributed by atoms with E-state index >= 15 is 0 Å². The maximum atomic E-state index is 13.6. The monoisotopic (exact) mass is 293 g/mol. The smallest absolute Gasteiger partial charge is 0.236 e. The van der Waals surface area contributed by atoms with Gasteiger partial charge < -0.3 is 10.6 Å². The molecule has 0 aromatic heterocycles. The van der Waals surface area contributed by atoms with Gasteiger partial charge in [0.05, 0.1) is 6.54 Å². The Bertz CT molecular complexity index is 494. The van der Waals surface area contributed by atoms with E-state index in [1.54, 1.807) is 30.1 Å². The van der Waals surface area contributed by atoms with Crippen LogP contribution in [0.2, 0.25) is 0 Å². The first-order chi connectivity index (χ1) is 9.97. The molecule has 1 aromatic carbocycles. The van der Waals surface area contributed by atoms with Crippen molar-refractivity contribution in [2.24, 2.45) is 11.7 Å². The third-order valence-electron chi connectivity index (χ3n) is 4.21. The summed E-state index contributed by atoms with van der Waals surface area (Å²) >= 11 is 0. The molecule has 1 aliphatic rings. The van der Waals surface area contributed by atoms with Gasteiger partial charge in [0.1, 0.15) is 5.82 Å². The molecule has 0 saturated carbocycles. The van der Waals surface area contributed by atoms with Crippen molar-refractivity contribution < 1.29 is 9.18 Å². The third-order valence-corrected chi connectivity index (χ3v) is 4.21. The standard InChI is InChI=1S/C16H24FN3O/c1-12-9-20(8-7-15(12)18)11-16(21)19(2)10-13-5-3-4-6-14(13)17/h3-6,12,15H,7-11,18H2,1-2H3. The number of hydrogen-bond acceptors (Lipinski definition) is 3. The average molecular weight is 293 g/mol. The van der Waals surface area contributed by atoms with Crippen molar-refractivity contribution in [3.8, 4) is 0 Å². The zero-order valence-electron chi connectivity index (χ0n) is 12.8. The highest BCUT2D eigenvalue weighted by atomic mass is 19.1. The average Bonchev–Trinajstić information content (AvgIpc) is 2.45. The fourth-order valence-electron chi connectivity index (χ4n) is 2.68. The predicted molar refractivity (Wildman–Crippen MR) is 81.1 cm³/mol. The quantitative estimate of drug-likeness (QED) is 0.914. The Morgan fingerprint density at radius 1 is 1.48 bits per heavy atom. The Balaban J connectivity index is 1.87. The number of piperidine rings is 1. The second-order valence-corrected chi connectivity index (χ2v) is 6.01. The van der Waals surface area contributed by atoms with Crippen LogP contribution in [0.4, 0.5) is 4.39 Å². The van der Waals surface area contributed by atoms with E-state index in [9.17, 15) is 9.18 Å². The molecule has 0 radical (unpaired) electrons. The molecule has 1 fully saturated rings. The Hall–Kier alpha value is -1.46. The SMILES string of the molecule is CC1CN(CC(=O)N(C)Cc2ccccc2F)CCC1N. The molecule has 116 valence electrons. The summed E-state index contributed by atoms with van der Waals surface area (Å²) in [6, 6.07) is 6.79. The number of nitrogens with two attached hydrogens (primary N) is 1. The van der Waals surface area contributed by atoms with Gasteiger partial charge in [0.25, 0.3) is 0 Å². The molecule has 0 spiro atoms. The fraction of sp³-hybridized carbons (Fsp3) is 0.562. The lowest BCUT2D eigenvalue weighted by Gasteiger charge is -2.35. The summed E-state index contributed by atoms with van der Waals surface area (Å²) in [7, 11) is 1.72. The van der Waals surface area contributed by atoms with E-state index in [0.717, 1.165) is 19.5 Å². The molecule has 2 N–H and O–H groups in total. The molecule has 0 bridgehead atoms. The summed E-state index contributed by atoms with van der Waals surface area (Å²) in [5.74, 6) is 0.152. The van der Waals surface area contributed by atoms with Gasteiger partial charge in [0.2, 0.25) is 5.91 Å². The van der Waals surface area contributed by atoms with E-state index in [1.165, 1.54) is 6.07 Å². The van der Waals surface area contributed by atoms with Gasteiger partial charge in [-0.05, 0) is 18.4 Å². The number of carbonyl (C=O) groups excluding carboxylic acids is 1. The Labute approximate surface area is 125 Å². The number of amides is 1. The van der Waals surface area contributed by atoms with Crippen LogP contribution in [-0.2, 0) is 11.3 Å². The van der Waals surface area contributed by atoms with Crippen LogP contribution in [0.25, 0.3) is 0 Å².